The third kappa shape index (κ3) is 8.81. The molecule has 3 aromatic carbocycles. The molecule has 2 fully saturated rings. The summed E-state index contributed by atoms with van der Waals surface area (Å²) in [6, 6.07) is 16.8. The Balaban J connectivity index is 0.000000292. The molecule has 0 aromatic heterocycles. The Morgan fingerprint density at radius 1 is 0.786 bits per heavy atom. The number of para-hydroxylation sites is 1. The van der Waals surface area contributed by atoms with Crippen molar-refractivity contribution in [3.63, 3.8) is 0 Å². The van der Waals surface area contributed by atoms with Gasteiger partial charge in [-0.15, -0.1) is 0 Å². The average molecular weight is 697 g/mol. The topological polar surface area (TPSA) is 36.0 Å². The maximum atomic E-state index is 11.8. The summed E-state index contributed by atoms with van der Waals surface area (Å²) in [4.78, 5) is 18.5. The van der Waals surface area contributed by atoms with E-state index >= 15 is 0 Å². The van der Waals surface area contributed by atoms with Crippen LogP contribution in [0.5, 0.6) is 5.75 Å². The normalized spacial score (nSPS) is 14.0. The summed E-state index contributed by atoms with van der Waals surface area (Å²) in [5, 5.41) is 0. The van der Waals surface area contributed by atoms with Gasteiger partial charge in [0.25, 0.3) is 0 Å². The van der Waals surface area contributed by atoms with Crippen LogP contribution in [-0.4, -0.2) is 48.2 Å². The molecule has 0 aliphatic carbocycles. The maximum absolute atomic E-state index is 11.8. The molecule has 0 saturated carbocycles. The van der Waals surface area contributed by atoms with Crippen LogP contribution in [0.4, 0.5) is 11.4 Å². The summed E-state index contributed by atoms with van der Waals surface area (Å²) < 4.78 is 7.48. The number of amides is 1. The second-order valence-corrected chi connectivity index (χ2v) is 11.5. The molecule has 3 aromatic rings. The Morgan fingerprint density at radius 2 is 1.24 bits per heavy atom. The first kappa shape index (κ1) is 35.8. The monoisotopic (exact) mass is 696 g/mol. The van der Waals surface area contributed by atoms with Crippen molar-refractivity contribution in [2.75, 3.05) is 42.6 Å². The fraction of sp³-hybridized carbons (Fsp3) is 0.382. The number of rotatable bonds is 6. The molecule has 5 nitrogen and oxygen atoms in total. The number of nitrogens with zero attached hydrogens (tertiary/aromatic N) is 3. The molecule has 42 heavy (non-hydrogen) atoms. The minimum Gasteiger partial charge on any atom is -1.00 e. The van der Waals surface area contributed by atoms with E-state index in [1.807, 2.05) is 33.8 Å². The van der Waals surface area contributed by atoms with Gasteiger partial charge in [-0.05, 0) is 63.8 Å². The molecule has 0 atom stereocenters. The molecule has 1 amide bonds. The van der Waals surface area contributed by atoms with E-state index in [4.69, 9.17) is 4.74 Å². The fourth-order valence-corrected chi connectivity index (χ4v) is 6.40. The van der Waals surface area contributed by atoms with Gasteiger partial charge in [-0.3, -0.25) is 0 Å². The summed E-state index contributed by atoms with van der Waals surface area (Å²) >= 11 is 2.46. The number of likely N-dealkylation sites (tertiary alicyclic amines) is 1. The Bertz CT molecular complexity index is 1270. The van der Waals surface area contributed by atoms with E-state index in [1.165, 1.54) is 44.8 Å². The van der Waals surface area contributed by atoms with E-state index in [-0.39, 0.29) is 37.3 Å². The van der Waals surface area contributed by atoms with Crippen molar-refractivity contribution in [2.24, 2.45) is 0 Å². The molecule has 0 N–H and O–H groups in total. The maximum Gasteiger partial charge on any atom is -1.00 e. The Kier molecular flexibility index (Phi) is 14.0. The van der Waals surface area contributed by atoms with Crippen molar-refractivity contribution in [2.45, 2.75) is 54.4 Å². The minimum absolute atomic E-state index is 0. The van der Waals surface area contributed by atoms with Gasteiger partial charge in [-0.1, -0.05) is 35.4 Å². The predicted octanol–water partition coefficient (Wildman–Crippen LogP) is 0.376. The zero-order valence-electron chi connectivity index (χ0n) is 25.5. The van der Waals surface area contributed by atoms with Crippen LogP contribution in [0.1, 0.15) is 51.8 Å². The van der Waals surface area contributed by atoms with Gasteiger partial charge in [0, 0.05) is 24.5 Å². The van der Waals surface area contributed by atoms with Crippen molar-refractivity contribution in [3.05, 3.63) is 94.1 Å². The SMILES string of the molecule is Cc1cc(C)c(N2[CH-]N(c3c(C)cc(C)cc3C)CC2)c(C)c1.O=C(COc1ccccc1[CH]=[Ru+])N1CCCC1.[Cl-].[Cl-]. The van der Waals surface area contributed by atoms with Crippen LogP contribution in [0, 0.1) is 48.2 Å². The molecule has 5 rings (SSSR count). The molecule has 2 aliphatic heterocycles. The van der Waals surface area contributed by atoms with E-state index in [0.717, 1.165) is 50.3 Å². The Morgan fingerprint density at radius 3 is 1.69 bits per heavy atom. The second-order valence-electron chi connectivity index (χ2n) is 11.0. The van der Waals surface area contributed by atoms with Crippen LogP contribution < -0.4 is 39.4 Å². The molecular formula is C34H42Cl2N3O2Ru-2. The number of carbonyl (C=O) groups excluding carboxylic acids is 1. The predicted molar refractivity (Wildman–Crippen MR) is 163 cm³/mol. The quantitative estimate of drug-likeness (QED) is 0.276. The van der Waals surface area contributed by atoms with Gasteiger partial charge in [-0.2, -0.15) is 6.67 Å². The van der Waals surface area contributed by atoms with Gasteiger partial charge in [0.2, 0.25) is 0 Å². The number of ether oxygens (including phenoxy) is 1. The Labute approximate surface area is 274 Å². The zero-order chi connectivity index (χ0) is 28.8. The standard InChI is InChI=1S/C21H27N2.C13H15NO2.2ClH.Ru/c1-14-9-16(3)20(17(4)10-14)22-7-8-23(13-22)21-18(5)11-15(2)12-19(21)6;1-11-6-2-3-7-12(11)16-10-13(15)14-8-4-5-9-14;;;/h9-13H,7-8H2,1-6H3;1-3,6-7H,4-5,8-10H2;2*1H;/q-1;;;;+1/p-2. The largest absolute Gasteiger partial charge is 1.00 e. The van der Waals surface area contributed by atoms with Crippen LogP contribution in [-0.2, 0) is 22.6 Å². The van der Waals surface area contributed by atoms with E-state index in [2.05, 4.69) is 100 Å². The first-order valence-electron chi connectivity index (χ1n) is 14.1. The molecule has 0 radical (unpaired) electrons. The van der Waals surface area contributed by atoms with Gasteiger partial charge in [0.15, 0.2) is 0 Å². The number of carbonyl (C=O) groups is 1. The van der Waals surface area contributed by atoms with Gasteiger partial charge >= 0.3 is 111 Å². The molecular weight excluding hydrogens is 654 g/mol. The molecule has 2 saturated heterocycles. The molecule has 2 heterocycles. The number of benzene rings is 3. The first-order valence-corrected chi connectivity index (χ1v) is 15.1. The molecule has 0 bridgehead atoms. The Hall–Kier alpha value is -2.40. The molecule has 8 heteroatoms. The summed E-state index contributed by atoms with van der Waals surface area (Å²) in [6.45, 7) is 19.5. The number of hydrogen-bond acceptors (Lipinski definition) is 4. The third-order valence-electron chi connectivity index (χ3n) is 7.54. The van der Waals surface area contributed by atoms with Crippen molar-refractivity contribution < 1.29 is 52.2 Å². The summed E-state index contributed by atoms with van der Waals surface area (Å²) in [6.07, 6.45) is 2.23. The van der Waals surface area contributed by atoms with Crippen molar-refractivity contribution in [1.82, 2.24) is 4.90 Å². The summed E-state index contributed by atoms with van der Waals surface area (Å²) in [7, 11) is 0. The van der Waals surface area contributed by atoms with Gasteiger partial charge in [0.05, 0.1) is 0 Å². The fourth-order valence-electron chi connectivity index (χ4n) is 5.98. The van der Waals surface area contributed by atoms with Crippen LogP contribution >= 0.6 is 0 Å². The average Bonchev–Trinajstić information content (AvgIpc) is 3.60. The first-order chi connectivity index (χ1) is 19.2. The van der Waals surface area contributed by atoms with Crippen LogP contribution in [0.3, 0.4) is 0 Å². The van der Waals surface area contributed by atoms with Crippen molar-refractivity contribution in [3.8, 4) is 5.75 Å². The van der Waals surface area contributed by atoms with Gasteiger partial charge in [0.1, 0.15) is 0 Å². The molecule has 0 unspecified atom stereocenters. The number of aryl methyl sites for hydroxylation is 6. The van der Waals surface area contributed by atoms with E-state index < -0.39 is 0 Å². The second kappa shape index (κ2) is 16.5. The van der Waals surface area contributed by atoms with Crippen LogP contribution in [0.2, 0.25) is 0 Å². The smallest absolute Gasteiger partial charge is 1.00 e. The molecule has 2 aliphatic rings. The van der Waals surface area contributed by atoms with E-state index in [0.29, 0.717) is 0 Å². The summed E-state index contributed by atoms with van der Waals surface area (Å²) in [5.41, 5.74) is 11.8. The number of hydrogen-bond donors (Lipinski definition) is 0. The van der Waals surface area contributed by atoms with E-state index in [1.54, 1.807) is 0 Å². The number of anilines is 2. The van der Waals surface area contributed by atoms with Gasteiger partial charge < -0.3 is 34.6 Å². The van der Waals surface area contributed by atoms with Crippen molar-refractivity contribution >= 4 is 21.9 Å². The van der Waals surface area contributed by atoms with Gasteiger partial charge in [-0.25, -0.2) is 0 Å². The zero-order valence-corrected chi connectivity index (χ0v) is 28.7. The van der Waals surface area contributed by atoms with Crippen molar-refractivity contribution in [1.29, 1.82) is 0 Å². The minimum atomic E-state index is 0. The summed E-state index contributed by atoms with van der Waals surface area (Å²) in [5.74, 6) is 0.848. The number of halogens is 2. The van der Waals surface area contributed by atoms with Crippen LogP contribution in [0.15, 0.2) is 48.5 Å². The third-order valence-corrected chi connectivity index (χ3v) is 8.09. The molecule has 229 valence electrons. The van der Waals surface area contributed by atoms with E-state index in [9.17, 15) is 4.79 Å². The molecule has 0 spiro atoms. The van der Waals surface area contributed by atoms with Crippen LogP contribution in [0.25, 0.3) is 0 Å².